The van der Waals surface area contributed by atoms with Crippen LogP contribution in [0.1, 0.15) is 46.0 Å². The number of carbonyl (C=O) groups is 1. The molecular weight excluding hydrogens is 216 g/mol. The molecule has 4 nitrogen and oxygen atoms in total. The van der Waals surface area contributed by atoms with Gasteiger partial charge in [0.15, 0.2) is 0 Å². The third-order valence-corrected chi connectivity index (χ3v) is 3.13. The predicted octanol–water partition coefficient (Wildman–Crippen LogP) is 1.45. The Kier molecular flexibility index (Phi) is 7.21. The third-order valence-electron chi connectivity index (χ3n) is 3.13. The highest BCUT2D eigenvalue weighted by atomic mass is 16.5. The van der Waals surface area contributed by atoms with Crippen molar-refractivity contribution >= 4 is 5.91 Å². The van der Waals surface area contributed by atoms with Crippen LogP contribution >= 0.6 is 0 Å². The monoisotopic (exact) mass is 242 g/mol. The van der Waals surface area contributed by atoms with Gasteiger partial charge in [0.2, 0.25) is 5.91 Å². The molecule has 1 aliphatic rings. The van der Waals surface area contributed by atoms with Crippen molar-refractivity contribution in [2.45, 2.75) is 58.1 Å². The molecule has 1 saturated heterocycles. The van der Waals surface area contributed by atoms with Crippen molar-refractivity contribution in [3.63, 3.8) is 0 Å². The first-order chi connectivity index (χ1) is 8.22. The van der Waals surface area contributed by atoms with Gasteiger partial charge in [-0.1, -0.05) is 6.92 Å². The number of hydrogen-bond acceptors (Lipinski definition) is 3. The Morgan fingerprint density at radius 2 is 2.29 bits per heavy atom. The van der Waals surface area contributed by atoms with Crippen LogP contribution in [-0.4, -0.2) is 37.7 Å². The number of nitrogens with one attached hydrogen (secondary N) is 2. The number of amides is 1. The molecular formula is C13H26N2O2. The van der Waals surface area contributed by atoms with Crippen molar-refractivity contribution in [2.24, 2.45) is 0 Å². The Labute approximate surface area is 104 Å². The molecule has 1 aliphatic heterocycles. The molecule has 4 heteroatoms. The molecule has 1 heterocycles. The highest BCUT2D eigenvalue weighted by Gasteiger charge is 2.15. The zero-order valence-electron chi connectivity index (χ0n) is 11.1. The van der Waals surface area contributed by atoms with Gasteiger partial charge < -0.3 is 15.4 Å². The maximum Gasteiger partial charge on any atom is 0.220 e. The maximum atomic E-state index is 11.6. The van der Waals surface area contributed by atoms with E-state index in [2.05, 4.69) is 24.5 Å². The Morgan fingerprint density at radius 1 is 1.47 bits per heavy atom. The van der Waals surface area contributed by atoms with Crippen LogP contribution in [-0.2, 0) is 9.53 Å². The average Bonchev–Trinajstić information content (AvgIpc) is 2.35. The lowest BCUT2D eigenvalue weighted by molar-refractivity contribution is -0.122. The Morgan fingerprint density at radius 3 is 2.94 bits per heavy atom. The standard InChI is InChI=1S/C13H26N2O2/c1-3-14-11(2)10-15-13(16)8-7-12-6-4-5-9-17-12/h11-12,14H,3-10H2,1-2H3,(H,15,16)/t11-,12?/m1/s1. The summed E-state index contributed by atoms with van der Waals surface area (Å²) in [5.41, 5.74) is 0. The van der Waals surface area contributed by atoms with Gasteiger partial charge in [-0.3, -0.25) is 4.79 Å². The SMILES string of the molecule is CCN[C@H](C)CNC(=O)CCC1CCCCO1. The van der Waals surface area contributed by atoms with Gasteiger partial charge in [-0.05, 0) is 39.2 Å². The molecule has 100 valence electrons. The largest absolute Gasteiger partial charge is 0.378 e. The van der Waals surface area contributed by atoms with Crippen LogP contribution in [0.5, 0.6) is 0 Å². The van der Waals surface area contributed by atoms with Crippen molar-refractivity contribution in [1.82, 2.24) is 10.6 Å². The Balaban J connectivity index is 2.04. The number of carbonyl (C=O) groups excluding carboxylic acids is 1. The quantitative estimate of drug-likeness (QED) is 0.710. The summed E-state index contributed by atoms with van der Waals surface area (Å²) in [5.74, 6) is 0.143. The second-order valence-corrected chi connectivity index (χ2v) is 4.79. The van der Waals surface area contributed by atoms with Crippen molar-refractivity contribution in [2.75, 3.05) is 19.7 Å². The van der Waals surface area contributed by atoms with E-state index >= 15 is 0 Å². The number of rotatable bonds is 7. The predicted molar refractivity (Wildman–Crippen MR) is 69.0 cm³/mol. The third kappa shape index (κ3) is 6.64. The van der Waals surface area contributed by atoms with Crippen LogP contribution < -0.4 is 10.6 Å². The average molecular weight is 242 g/mol. The summed E-state index contributed by atoms with van der Waals surface area (Å²) in [7, 11) is 0. The molecule has 1 fully saturated rings. The van der Waals surface area contributed by atoms with E-state index in [0.717, 1.165) is 26.0 Å². The van der Waals surface area contributed by atoms with Gasteiger partial charge in [0.1, 0.15) is 0 Å². The van der Waals surface area contributed by atoms with Crippen LogP contribution in [0.2, 0.25) is 0 Å². The Bertz CT molecular complexity index is 215. The minimum Gasteiger partial charge on any atom is -0.378 e. The van der Waals surface area contributed by atoms with Crippen LogP contribution in [0.4, 0.5) is 0 Å². The van der Waals surface area contributed by atoms with Gasteiger partial charge >= 0.3 is 0 Å². The fourth-order valence-electron chi connectivity index (χ4n) is 2.10. The first kappa shape index (κ1) is 14.5. The number of ether oxygens (including phenoxy) is 1. The van der Waals surface area contributed by atoms with E-state index in [1.165, 1.54) is 12.8 Å². The number of hydrogen-bond donors (Lipinski definition) is 2. The first-order valence-electron chi connectivity index (χ1n) is 6.84. The Hall–Kier alpha value is -0.610. The molecule has 0 saturated carbocycles. The molecule has 0 radical (unpaired) electrons. The van der Waals surface area contributed by atoms with E-state index in [0.29, 0.717) is 25.1 Å². The van der Waals surface area contributed by atoms with Crippen molar-refractivity contribution in [3.05, 3.63) is 0 Å². The molecule has 0 spiro atoms. The van der Waals surface area contributed by atoms with E-state index in [-0.39, 0.29) is 5.91 Å². The molecule has 2 atom stereocenters. The van der Waals surface area contributed by atoms with E-state index in [1.54, 1.807) is 0 Å². The molecule has 1 unspecified atom stereocenters. The summed E-state index contributed by atoms with van der Waals surface area (Å²) < 4.78 is 5.60. The summed E-state index contributed by atoms with van der Waals surface area (Å²) in [6.07, 6.45) is 5.28. The van der Waals surface area contributed by atoms with Gasteiger partial charge in [0.05, 0.1) is 6.10 Å². The number of likely N-dealkylation sites (N-methyl/N-ethyl adjacent to an activating group) is 1. The first-order valence-corrected chi connectivity index (χ1v) is 6.84. The van der Waals surface area contributed by atoms with Gasteiger partial charge in [-0.15, -0.1) is 0 Å². The molecule has 1 amide bonds. The summed E-state index contributed by atoms with van der Waals surface area (Å²) in [6, 6.07) is 0.342. The topological polar surface area (TPSA) is 50.4 Å². The molecule has 0 aromatic carbocycles. The highest BCUT2D eigenvalue weighted by Crippen LogP contribution is 2.16. The second kappa shape index (κ2) is 8.48. The van der Waals surface area contributed by atoms with Crippen LogP contribution in [0.15, 0.2) is 0 Å². The zero-order valence-corrected chi connectivity index (χ0v) is 11.1. The van der Waals surface area contributed by atoms with Crippen LogP contribution in [0, 0.1) is 0 Å². The fraction of sp³-hybridized carbons (Fsp3) is 0.923. The van der Waals surface area contributed by atoms with E-state index in [1.807, 2.05) is 0 Å². The van der Waals surface area contributed by atoms with Crippen LogP contribution in [0.25, 0.3) is 0 Å². The molecule has 2 N–H and O–H groups in total. The lowest BCUT2D eigenvalue weighted by Gasteiger charge is -2.22. The van der Waals surface area contributed by atoms with Crippen molar-refractivity contribution in [1.29, 1.82) is 0 Å². The molecule has 17 heavy (non-hydrogen) atoms. The normalized spacial score (nSPS) is 22.1. The molecule has 0 aliphatic carbocycles. The van der Waals surface area contributed by atoms with Gasteiger partial charge in [0, 0.05) is 25.6 Å². The van der Waals surface area contributed by atoms with E-state index in [4.69, 9.17) is 4.74 Å². The molecule has 0 bridgehead atoms. The second-order valence-electron chi connectivity index (χ2n) is 4.79. The fourth-order valence-corrected chi connectivity index (χ4v) is 2.10. The minimum absolute atomic E-state index is 0.143. The summed E-state index contributed by atoms with van der Waals surface area (Å²) in [6.45, 7) is 6.65. The molecule has 0 aromatic heterocycles. The minimum atomic E-state index is 0.143. The van der Waals surface area contributed by atoms with Gasteiger partial charge in [-0.2, -0.15) is 0 Å². The smallest absolute Gasteiger partial charge is 0.220 e. The van der Waals surface area contributed by atoms with Crippen LogP contribution in [0.3, 0.4) is 0 Å². The zero-order chi connectivity index (χ0) is 12.5. The lowest BCUT2D eigenvalue weighted by atomic mass is 10.0. The highest BCUT2D eigenvalue weighted by molar-refractivity contribution is 5.75. The summed E-state index contributed by atoms with van der Waals surface area (Å²) >= 11 is 0. The van der Waals surface area contributed by atoms with E-state index < -0.39 is 0 Å². The van der Waals surface area contributed by atoms with Gasteiger partial charge in [-0.25, -0.2) is 0 Å². The lowest BCUT2D eigenvalue weighted by Crippen LogP contribution is -2.39. The summed E-state index contributed by atoms with van der Waals surface area (Å²) in [4.78, 5) is 11.6. The summed E-state index contributed by atoms with van der Waals surface area (Å²) in [5, 5.41) is 6.22. The maximum absolute atomic E-state index is 11.6. The van der Waals surface area contributed by atoms with E-state index in [9.17, 15) is 4.79 Å². The van der Waals surface area contributed by atoms with Crippen molar-refractivity contribution in [3.8, 4) is 0 Å². The van der Waals surface area contributed by atoms with Gasteiger partial charge in [0.25, 0.3) is 0 Å². The molecule has 1 rings (SSSR count). The molecule has 0 aromatic rings. The van der Waals surface area contributed by atoms with Crippen molar-refractivity contribution < 1.29 is 9.53 Å².